The van der Waals surface area contributed by atoms with E-state index in [-0.39, 0.29) is 11.8 Å². The number of para-hydroxylation sites is 1. The number of amides is 2. The van der Waals surface area contributed by atoms with Crippen molar-refractivity contribution in [3.8, 4) is 11.3 Å². The first-order valence-electron chi connectivity index (χ1n) is 17.6. The summed E-state index contributed by atoms with van der Waals surface area (Å²) >= 11 is 0. The van der Waals surface area contributed by atoms with Gasteiger partial charge in [-0.15, -0.1) is 0 Å². The summed E-state index contributed by atoms with van der Waals surface area (Å²) < 4.78 is 2.47. The molecule has 0 saturated heterocycles. The van der Waals surface area contributed by atoms with Gasteiger partial charge < -0.3 is 25.6 Å². The molecular formula is C40H44N4O4. The zero-order valence-electron chi connectivity index (χ0n) is 27.4. The van der Waals surface area contributed by atoms with Gasteiger partial charge in [0.15, 0.2) is 0 Å². The molecule has 4 aromatic rings. The van der Waals surface area contributed by atoms with Crippen LogP contribution < -0.4 is 16.0 Å². The molecule has 3 aromatic carbocycles. The molecule has 0 spiro atoms. The molecule has 2 heterocycles. The third kappa shape index (κ3) is 6.36. The quantitative estimate of drug-likeness (QED) is 0.151. The predicted octanol–water partition coefficient (Wildman–Crippen LogP) is 8.34. The summed E-state index contributed by atoms with van der Waals surface area (Å²) in [6.07, 6.45) is 13.7. The smallest absolute Gasteiger partial charge is 0.328 e. The van der Waals surface area contributed by atoms with E-state index in [0.29, 0.717) is 30.0 Å². The van der Waals surface area contributed by atoms with Crippen LogP contribution >= 0.6 is 0 Å². The van der Waals surface area contributed by atoms with Crippen molar-refractivity contribution in [2.75, 3.05) is 17.2 Å². The Morgan fingerprint density at radius 1 is 0.875 bits per heavy atom. The number of hydrogen-bond acceptors (Lipinski definition) is 4. The number of anilines is 2. The molecule has 7 rings (SSSR count). The highest BCUT2D eigenvalue weighted by atomic mass is 16.4. The summed E-state index contributed by atoms with van der Waals surface area (Å²) in [6, 6.07) is 21.8. The number of benzene rings is 3. The summed E-state index contributed by atoms with van der Waals surface area (Å²) in [5.41, 5.74) is 7.08. The monoisotopic (exact) mass is 644 g/mol. The molecule has 48 heavy (non-hydrogen) atoms. The van der Waals surface area contributed by atoms with Gasteiger partial charge in [-0.3, -0.25) is 9.59 Å². The van der Waals surface area contributed by atoms with E-state index in [1.54, 1.807) is 24.3 Å². The fraction of sp³-hybridized carbons (Fsp3) is 0.375. The van der Waals surface area contributed by atoms with Crippen LogP contribution in [-0.4, -0.2) is 39.5 Å². The number of fused-ring (bicyclic) bond motifs is 5. The van der Waals surface area contributed by atoms with E-state index in [0.717, 1.165) is 55.9 Å². The lowest BCUT2D eigenvalue weighted by Gasteiger charge is -2.29. The van der Waals surface area contributed by atoms with Crippen LogP contribution in [0.2, 0.25) is 0 Å². The second kappa shape index (κ2) is 13.7. The van der Waals surface area contributed by atoms with Crippen LogP contribution in [0.4, 0.5) is 11.4 Å². The highest BCUT2D eigenvalue weighted by Crippen LogP contribution is 2.46. The number of carboxylic acids is 1. The largest absolute Gasteiger partial charge is 0.478 e. The third-order valence-electron chi connectivity index (χ3n) is 10.5. The van der Waals surface area contributed by atoms with E-state index >= 15 is 0 Å². The number of carbonyl (C=O) groups is 3. The highest BCUT2D eigenvalue weighted by molar-refractivity contribution is 6.06. The molecule has 1 aromatic heterocycles. The van der Waals surface area contributed by atoms with Gasteiger partial charge in [-0.05, 0) is 92.0 Å². The van der Waals surface area contributed by atoms with Gasteiger partial charge in [-0.25, -0.2) is 4.79 Å². The summed E-state index contributed by atoms with van der Waals surface area (Å²) in [5, 5.41) is 20.0. The number of aliphatic carboxylic acids is 1. The number of rotatable bonds is 7. The molecule has 0 atom stereocenters. The molecule has 0 unspecified atom stereocenters. The van der Waals surface area contributed by atoms with E-state index in [1.807, 2.05) is 6.07 Å². The fourth-order valence-electron chi connectivity index (χ4n) is 8.08. The number of carboxylic acid groups (broad SMARTS) is 1. The maximum absolute atomic E-state index is 14.1. The molecule has 8 heteroatoms. The highest BCUT2D eigenvalue weighted by Gasteiger charge is 2.43. The lowest BCUT2D eigenvalue weighted by molar-refractivity contribution is -0.131. The second-order valence-electron chi connectivity index (χ2n) is 13.7. The minimum Gasteiger partial charge on any atom is -0.478 e. The SMILES string of the molecule is O=C(O)/C=C/c1ccc(NC(=O)C2(NC(=O)c3ccc4c(C5CCCCC5)c5n(c4c3)CCCCNc3ccccc3-5)CCCC2)cc1. The van der Waals surface area contributed by atoms with Crippen molar-refractivity contribution < 1.29 is 19.5 Å². The zero-order valence-corrected chi connectivity index (χ0v) is 27.4. The van der Waals surface area contributed by atoms with Gasteiger partial charge in [0.1, 0.15) is 5.54 Å². The standard InChI is InChI=1S/C40H44N4O4/c45-35(46)21-16-27-14-18-30(19-15-27)42-39(48)40(22-6-7-23-40)43-38(47)29-17-20-32-34(26-29)44-25-9-8-24-41-33-13-5-4-12-31(33)37(44)36(32)28-10-2-1-3-11-28/h4-5,12-21,26,28,41H,1-3,6-11,22-25H2,(H,42,48)(H,43,47)(H,45,46)/b21-16+. The Hall–Kier alpha value is -4.85. The molecule has 248 valence electrons. The Labute approximate surface area is 281 Å². The first-order valence-corrected chi connectivity index (χ1v) is 17.6. The molecule has 8 nitrogen and oxygen atoms in total. The summed E-state index contributed by atoms with van der Waals surface area (Å²) in [4.78, 5) is 38.7. The van der Waals surface area contributed by atoms with Crippen LogP contribution in [-0.2, 0) is 16.1 Å². The molecule has 2 fully saturated rings. The van der Waals surface area contributed by atoms with Crippen molar-refractivity contribution in [1.82, 2.24) is 9.88 Å². The number of aryl methyl sites for hydroxylation is 1. The molecule has 4 N–H and O–H groups in total. The van der Waals surface area contributed by atoms with Gasteiger partial charge in [0.2, 0.25) is 5.91 Å². The van der Waals surface area contributed by atoms with Crippen molar-refractivity contribution in [3.63, 3.8) is 0 Å². The van der Waals surface area contributed by atoms with E-state index in [1.165, 1.54) is 66.1 Å². The zero-order chi connectivity index (χ0) is 33.1. The topological polar surface area (TPSA) is 112 Å². The normalized spacial score (nSPS) is 17.8. The number of carbonyl (C=O) groups excluding carboxylic acids is 2. The van der Waals surface area contributed by atoms with Crippen molar-refractivity contribution >= 4 is 46.1 Å². The molecule has 0 bridgehead atoms. The van der Waals surface area contributed by atoms with Gasteiger partial charge in [-0.2, -0.15) is 0 Å². The molecule has 2 aliphatic carbocycles. The van der Waals surface area contributed by atoms with Crippen LogP contribution in [0.5, 0.6) is 0 Å². The van der Waals surface area contributed by atoms with E-state index in [9.17, 15) is 14.4 Å². The van der Waals surface area contributed by atoms with E-state index in [4.69, 9.17) is 5.11 Å². The van der Waals surface area contributed by atoms with E-state index in [2.05, 4.69) is 56.9 Å². The van der Waals surface area contributed by atoms with Crippen LogP contribution in [0, 0.1) is 0 Å². The summed E-state index contributed by atoms with van der Waals surface area (Å²) in [7, 11) is 0. The van der Waals surface area contributed by atoms with Crippen LogP contribution in [0.15, 0.2) is 72.8 Å². The fourth-order valence-corrected chi connectivity index (χ4v) is 8.08. The number of nitrogens with zero attached hydrogens (tertiary/aromatic N) is 1. The number of hydrogen-bond donors (Lipinski definition) is 4. The first kappa shape index (κ1) is 31.7. The lowest BCUT2D eigenvalue weighted by atomic mass is 9.81. The van der Waals surface area contributed by atoms with Crippen molar-refractivity contribution in [2.24, 2.45) is 0 Å². The molecule has 2 amide bonds. The Bertz CT molecular complexity index is 1860. The van der Waals surface area contributed by atoms with Crippen LogP contribution in [0.1, 0.15) is 98.0 Å². The van der Waals surface area contributed by atoms with Gasteiger partial charge >= 0.3 is 5.97 Å². The van der Waals surface area contributed by atoms with Crippen molar-refractivity contribution in [3.05, 3.63) is 89.5 Å². The van der Waals surface area contributed by atoms with Gasteiger partial charge in [0, 0.05) is 52.6 Å². The average molecular weight is 645 g/mol. The second-order valence-corrected chi connectivity index (χ2v) is 13.7. The van der Waals surface area contributed by atoms with Crippen molar-refractivity contribution in [2.45, 2.75) is 88.6 Å². The Kier molecular flexibility index (Phi) is 9.06. The van der Waals surface area contributed by atoms with Crippen LogP contribution in [0.25, 0.3) is 28.2 Å². The Balaban J connectivity index is 1.21. The summed E-state index contributed by atoms with van der Waals surface area (Å²) in [5.74, 6) is -0.992. The molecule has 1 aliphatic heterocycles. The maximum Gasteiger partial charge on any atom is 0.328 e. The lowest BCUT2D eigenvalue weighted by Crippen LogP contribution is -2.55. The van der Waals surface area contributed by atoms with Gasteiger partial charge in [0.05, 0.1) is 5.69 Å². The maximum atomic E-state index is 14.1. The molecule has 2 saturated carbocycles. The number of nitrogens with one attached hydrogen (secondary N) is 3. The summed E-state index contributed by atoms with van der Waals surface area (Å²) in [6.45, 7) is 1.82. The first-order chi connectivity index (χ1) is 23.4. The molecule has 0 radical (unpaired) electrons. The van der Waals surface area contributed by atoms with Crippen LogP contribution in [0.3, 0.4) is 0 Å². The third-order valence-corrected chi connectivity index (χ3v) is 10.5. The van der Waals surface area contributed by atoms with Gasteiger partial charge in [-0.1, -0.05) is 68.5 Å². The Morgan fingerprint density at radius 2 is 1.65 bits per heavy atom. The average Bonchev–Trinajstić information content (AvgIpc) is 3.73. The predicted molar refractivity (Wildman–Crippen MR) is 191 cm³/mol. The van der Waals surface area contributed by atoms with E-state index < -0.39 is 11.5 Å². The van der Waals surface area contributed by atoms with Gasteiger partial charge in [0.25, 0.3) is 5.91 Å². The molecular weight excluding hydrogens is 600 g/mol. The van der Waals surface area contributed by atoms with Crippen molar-refractivity contribution in [1.29, 1.82) is 0 Å². The minimum absolute atomic E-state index is 0.226. The minimum atomic E-state index is -1.02. The molecule has 3 aliphatic rings. The number of aromatic nitrogens is 1. The Morgan fingerprint density at radius 3 is 2.42 bits per heavy atom.